The van der Waals surface area contributed by atoms with Gasteiger partial charge < -0.3 is 18.8 Å². The Morgan fingerprint density at radius 1 is 1.22 bits per heavy atom. The van der Waals surface area contributed by atoms with E-state index in [-0.39, 0.29) is 18.3 Å². The minimum Gasteiger partial charge on any atom is -0.497 e. The van der Waals surface area contributed by atoms with Gasteiger partial charge in [0.1, 0.15) is 23.9 Å². The number of amides is 1. The molecule has 1 amide bonds. The maximum Gasteiger partial charge on any atom is 0.289 e. The van der Waals surface area contributed by atoms with Crippen molar-refractivity contribution >= 4 is 5.91 Å². The van der Waals surface area contributed by atoms with Crippen molar-refractivity contribution in [3.05, 3.63) is 65.9 Å². The molecule has 142 valence electrons. The fraction of sp³-hybridized carbons (Fsp3) is 0.300. The lowest BCUT2D eigenvalue weighted by Crippen LogP contribution is -2.27. The number of rotatable bonds is 8. The fourth-order valence-electron chi connectivity index (χ4n) is 2.70. The molecule has 0 N–H and O–H groups in total. The molecule has 3 aromatic rings. The molecule has 0 unspecified atom stereocenters. The molecule has 2 aromatic heterocycles. The third kappa shape index (κ3) is 4.49. The molecule has 0 fully saturated rings. The number of carbonyl (C=O) groups is 1. The Balaban J connectivity index is 1.59. The Morgan fingerprint density at radius 3 is 2.81 bits per heavy atom. The molecule has 7 heteroatoms. The number of benzene rings is 1. The summed E-state index contributed by atoms with van der Waals surface area (Å²) in [6.45, 7) is 3.46. The first-order valence-electron chi connectivity index (χ1n) is 8.72. The molecule has 0 spiro atoms. The highest BCUT2D eigenvalue weighted by Crippen LogP contribution is 2.20. The van der Waals surface area contributed by atoms with Gasteiger partial charge in [-0.15, -0.1) is 0 Å². The molecule has 0 aliphatic heterocycles. The normalized spacial score (nSPS) is 10.6. The van der Waals surface area contributed by atoms with Gasteiger partial charge in [0, 0.05) is 25.9 Å². The first-order chi connectivity index (χ1) is 13.1. The Bertz CT molecular complexity index is 900. The van der Waals surface area contributed by atoms with Crippen LogP contribution in [0.1, 0.15) is 28.9 Å². The summed E-state index contributed by atoms with van der Waals surface area (Å²) < 4.78 is 18.4. The van der Waals surface area contributed by atoms with Crippen molar-refractivity contribution in [2.75, 3.05) is 14.2 Å². The standard InChI is InChI=1S/C20H23N3O4/c1-4-23-15(10-11-21-23)13-22(2)20(24)19-9-8-18(27-19)14-26-17-7-5-6-16(12-17)25-3/h5-12H,4,13-14H2,1-3H3. The minimum absolute atomic E-state index is 0.188. The molecular formula is C20H23N3O4. The predicted molar refractivity (Wildman–Crippen MR) is 99.7 cm³/mol. The lowest BCUT2D eigenvalue weighted by Gasteiger charge is -2.16. The van der Waals surface area contributed by atoms with E-state index in [4.69, 9.17) is 13.9 Å². The number of furan rings is 1. The highest BCUT2D eigenvalue weighted by atomic mass is 16.5. The molecule has 0 radical (unpaired) electrons. The molecule has 0 aliphatic carbocycles. The van der Waals surface area contributed by atoms with Gasteiger partial charge in [0.05, 0.1) is 19.3 Å². The highest BCUT2D eigenvalue weighted by Gasteiger charge is 2.17. The van der Waals surface area contributed by atoms with Crippen LogP contribution in [0.15, 0.2) is 53.1 Å². The smallest absolute Gasteiger partial charge is 0.289 e. The van der Waals surface area contributed by atoms with E-state index >= 15 is 0 Å². The minimum atomic E-state index is -0.188. The van der Waals surface area contributed by atoms with Gasteiger partial charge in [-0.1, -0.05) is 6.07 Å². The Kier molecular flexibility index (Phi) is 5.80. The average Bonchev–Trinajstić information content (AvgIpc) is 3.35. The summed E-state index contributed by atoms with van der Waals surface area (Å²) in [7, 11) is 3.35. The molecule has 0 saturated carbocycles. The summed E-state index contributed by atoms with van der Waals surface area (Å²) in [6.07, 6.45) is 1.73. The number of aryl methyl sites for hydroxylation is 1. The van der Waals surface area contributed by atoms with Gasteiger partial charge >= 0.3 is 0 Å². The topological polar surface area (TPSA) is 69.7 Å². The Hall–Kier alpha value is -3.22. The molecule has 7 nitrogen and oxygen atoms in total. The zero-order chi connectivity index (χ0) is 19.2. The van der Waals surface area contributed by atoms with Crippen LogP contribution in [0.25, 0.3) is 0 Å². The molecule has 0 aliphatic rings. The largest absolute Gasteiger partial charge is 0.497 e. The summed E-state index contributed by atoms with van der Waals surface area (Å²) >= 11 is 0. The van der Waals surface area contributed by atoms with Gasteiger partial charge in [-0.25, -0.2) is 0 Å². The van der Waals surface area contributed by atoms with Crippen LogP contribution < -0.4 is 9.47 Å². The maximum absolute atomic E-state index is 12.6. The van der Waals surface area contributed by atoms with E-state index in [9.17, 15) is 4.79 Å². The number of hydrogen-bond acceptors (Lipinski definition) is 5. The lowest BCUT2D eigenvalue weighted by atomic mass is 10.3. The number of nitrogens with zero attached hydrogens (tertiary/aromatic N) is 3. The van der Waals surface area contributed by atoms with Crippen LogP contribution in [0, 0.1) is 0 Å². The number of ether oxygens (including phenoxy) is 2. The third-order valence-electron chi connectivity index (χ3n) is 4.14. The molecule has 27 heavy (non-hydrogen) atoms. The van der Waals surface area contributed by atoms with Crippen LogP contribution in [0.5, 0.6) is 11.5 Å². The van der Waals surface area contributed by atoms with Crippen LogP contribution >= 0.6 is 0 Å². The van der Waals surface area contributed by atoms with Gasteiger partial charge in [0.15, 0.2) is 5.76 Å². The lowest BCUT2D eigenvalue weighted by molar-refractivity contribution is 0.0745. The average molecular weight is 369 g/mol. The molecule has 1 aromatic carbocycles. The number of carbonyl (C=O) groups excluding carboxylic acids is 1. The summed E-state index contributed by atoms with van der Waals surface area (Å²) in [5.74, 6) is 2.06. The molecule has 0 bridgehead atoms. The van der Waals surface area contributed by atoms with Gasteiger partial charge in [-0.2, -0.15) is 5.10 Å². The second kappa shape index (κ2) is 8.44. The summed E-state index contributed by atoms with van der Waals surface area (Å²) in [5, 5.41) is 4.22. The van der Waals surface area contributed by atoms with Gasteiger partial charge in [0.25, 0.3) is 5.91 Å². The van der Waals surface area contributed by atoms with E-state index in [1.54, 1.807) is 43.5 Å². The maximum atomic E-state index is 12.6. The van der Waals surface area contributed by atoms with E-state index in [0.717, 1.165) is 18.0 Å². The predicted octanol–water partition coefficient (Wildman–Crippen LogP) is 3.36. The van der Waals surface area contributed by atoms with E-state index in [2.05, 4.69) is 5.10 Å². The van der Waals surface area contributed by atoms with Crippen molar-refractivity contribution in [1.82, 2.24) is 14.7 Å². The van der Waals surface area contributed by atoms with Crippen molar-refractivity contribution in [1.29, 1.82) is 0 Å². The summed E-state index contributed by atoms with van der Waals surface area (Å²) in [6, 6.07) is 12.6. The van der Waals surface area contributed by atoms with E-state index in [1.165, 1.54) is 0 Å². The third-order valence-corrected chi connectivity index (χ3v) is 4.14. The number of aromatic nitrogens is 2. The van der Waals surface area contributed by atoms with Crippen LogP contribution in [0.3, 0.4) is 0 Å². The fourth-order valence-corrected chi connectivity index (χ4v) is 2.70. The quantitative estimate of drug-likeness (QED) is 0.609. The van der Waals surface area contributed by atoms with Crippen molar-refractivity contribution in [3.8, 4) is 11.5 Å². The zero-order valence-corrected chi connectivity index (χ0v) is 15.7. The van der Waals surface area contributed by atoms with Gasteiger partial charge in [-0.05, 0) is 37.3 Å². The molecule has 0 atom stereocenters. The van der Waals surface area contributed by atoms with Crippen LogP contribution in [0.4, 0.5) is 0 Å². The molecule has 2 heterocycles. The summed E-state index contributed by atoms with van der Waals surface area (Å²) in [4.78, 5) is 14.2. The van der Waals surface area contributed by atoms with E-state index < -0.39 is 0 Å². The Morgan fingerprint density at radius 2 is 2.04 bits per heavy atom. The van der Waals surface area contributed by atoms with Crippen molar-refractivity contribution in [2.45, 2.75) is 26.6 Å². The first kappa shape index (κ1) is 18.6. The molecule has 3 rings (SSSR count). The van der Waals surface area contributed by atoms with Crippen LogP contribution in [0.2, 0.25) is 0 Å². The van der Waals surface area contributed by atoms with E-state index in [1.807, 2.05) is 35.9 Å². The van der Waals surface area contributed by atoms with E-state index in [0.29, 0.717) is 18.1 Å². The second-order valence-corrected chi connectivity index (χ2v) is 6.03. The van der Waals surface area contributed by atoms with Crippen LogP contribution in [-0.2, 0) is 19.7 Å². The highest BCUT2D eigenvalue weighted by molar-refractivity contribution is 5.91. The first-order valence-corrected chi connectivity index (χ1v) is 8.72. The Labute approximate surface area is 158 Å². The molecule has 0 saturated heterocycles. The monoisotopic (exact) mass is 369 g/mol. The van der Waals surface area contributed by atoms with Crippen LogP contribution in [-0.4, -0.2) is 34.7 Å². The number of methoxy groups -OCH3 is 1. The van der Waals surface area contributed by atoms with Crippen molar-refractivity contribution in [3.63, 3.8) is 0 Å². The SMILES string of the molecule is CCn1nccc1CN(C)C(=O)c1ccc(COc2cccc(OC)c2)o1. The van der Waals surface area contributed by atoms with Gasteiger partial charge in [-0.3, -0.25) is 9.48 Å². The summed E-state index contributed by atoms with van der Waals surface area (Å²) in [5.41, 5.74) is 0.974. The van der Waals surface area contributed by atoms with Crippen molar-refractivity contribution < 1.29 is 18.7 Å². The van der Waals surface area contributed by atoms with Crippen molar-refractivity contribution in [2.24, 2.45) is 0 Å². The van der Waals surface area contributed by atoms with Gasteiger partial charge in [0.2, 0.25) is 0 Å². The molecular weight excluding hydrogens is 346 g/mol. The second-order valence-electron chi connectivity index (χ2n) is 6.03. The zero-order valence-electron chi connectivity index (χ0n) is 15.7. The number of hydrogen-bond donors (Lipinski definition) is 0.